The molecule has 0 spiro atoms. The summed E-state index contributed by atoms with van der Waals surface area (Å²) in [5, 5.41) is 9.68. The van der Waals surface area contributed by atoms with E-state index in [1.807, 2.05) is 36.4 Å². The first-order valence-electron chi connectivity index (χ1n) is 6.20. The maximum absolute atomic E-state index is 12.5. The predicted octanol–water partition coefficient (Wildman–Crippen LogP) is 2.87. The van der Waals surface area contributed by atoms with Crippen LogP contribution in [0.5, 0.6) is 5.88 Å². The molecule has 0 amide bonds. The normalized spacial score (nSPS) is 10.4. The molecule has 2 aromatic carbocycles. The van der Waals surface area contributed by atoms with E-state index >= 15 is 0 Å². The van der Waals surface area contributed by atoms with Crippen LogP contribution in [0.4, 0.5) is 0 Å². The van der Waals surface area contributed by atoms with Crippen molar-refractivity contribution in [3.63, 3.8) is 0 Å². The van der Waals surface area contributed by atoms with Gasteiger partial charge < -0.3 is 4.74 Å². The van der Waals surface area contributed by atoms with Crippen molar-refractivity contribution in [1.82, 2.24) is 10.2 Å². The fourth-order valence-corrected chi connectivity index (χ4v) is 2.11. The molecule has 0 aliphatic heterocycles. The number of fused-ring (bicyclic) bond motifs is 1. The largest absolute Gasteiger partial charge is 0.480 e. The fourth-order valence-electron chi connectivity index (χ4n) is 2.11. The molecule has 1 heterocycles. The van der Waals surface area contributed by atoms with E-state index < -0.39 is 0 Å². The summed E-state index contributed by atoms with van der Waals surface area (Å²) in [6, 6.07) is 16.7. The Morgan fingerprint density at radius 3 is 2.50 bits per heavy atom. The van der Waals surface area contributed by atoms with Crippen LogP contribution >= 0.6 is 0 Å². The van der Waals surface area contributed by atoms with Crippen LogP contribution in [0.15, 0.2) is 54.6 Å². The monoisotopic (exact) mass is 264 g/mol. The molecule has 3 rings (SSSR count). The Morgan fingerprint density at radius 2 is 1.75 bits per heavy atom. The molecule has 0 saturated heterocycles. The van der Waals surface area contributed by atoms with Crippen molar-refractivity contribution in [2.45, 2.75) is 0 Å². The lowest BCUT2D eigenvalue weighted by molar-refractivity contribution is 0.103. The molecule has 20 heavy (non-hydrogen) atoms. The van der Waals surface area contributed by atoms with Gasteiger partial charge >= 0.3 is 0 Å². The van der Waals surface area contributed by atoms with Crippen LogP contribution in [0.25, 0.3) is 10.8 Å². The molecule has 0 fully saturated rings. The molecule has 0 unspecified atom stereocenters. The molecule has 1 aromatic heterocycles. The summed E-state index contributed by atoms with van der Waals surface area (Å²) in [6.45, 7) is 0. The first-order valence-corrected chi connectivity index (χ1v) is 6.20. The smallest absolute Gasteiger partial charge is 0.233 e. The van der Waals surface area contributed by atoms with Gasteiger partial charge in [-0.05, 0) is 16.8 Å². The molecule has 0 atom stereocenters. The third kappa shape index (κ3) is 2.12. The molecule has 0 aliphatic carbocycles. The summed E-state index contributed by atoms with van der Waals surface area (Å²) in [6.07, 6.45) is 0. The van der Waals surface area contributed by atoms with Gasteiger partial charge in [0.25, 0.3) is 0 Å². The highest BCUT2D eigenvalue weighted by Gasteiger charge is 2.14. The average molecular weight is 264 g/mol. The van der Waals surface area contributed by atoms with Crippen molar-refractivity contribution in [3.05, 3.63) is 65.9 Å². The van der Waals surface area contributed by atoms with Crippen LogP contribution in [0.3, 0.4) is 0 Å². The maximum atomic E-state index is 12.5. The fraction of sp³-hybridized carbons (Fsp3) is 0.0625. The number of carbonyl (C=O) groups excluding carboxylic acids is 1. The Kier molecular flexibility index (Phi) is 3.13. The highest BCUT2D eigenvalue weighted by molar-refractivity contribution is 6.15. The number of rotatable bonds is 3. The molecule has 0 N–H and O–H groups in total. The third-order valence-corrected chi connectivity index (χ3v) is 3.12. The first kappa shape index (κ1) is 12.3. The molecule has 98 valence electrons. The van der Waals surface area contributed by atoms with Crippen LogP contribution in [0, 0.1) is 0 Å². The Labute approximate surface area is 116 Å². The predicted molar refractivity (Wildman–Crippen MR) is 76.0 cm³/mol. The number of nitrogens with zero attached hydrogens (tertiary/aromatic N) is 2. The average Bonchev–Trinajstić information content (AvgIpc) is 2.54. The maximum Gasteiger partial charge on any atom is 0.233 e. The van der Waals surface area contributed by atoms with Crippen molar-refractivity contribution in [2.24, 2.45) is 0 Å². The SMILES string of the molecule is COc1ccc(C(=O)c2cccc3ccccc23)nn1. The third-order valence-electron chi connectivity index (χ3n) is 3.12. The van der Waals surface area contributed by atoms with Gasteiger partial charge in [-0.15, -0.1) is 10.2 Å². The van der Waals surface area contributed by atoms with E-state index in [1.54, 1.807) is 18.2 Å². The summed E-state index contributed by atoms with van der Waals surface area (Å²) in [7, 11) is 1.51. The van der Waals surface area contributed by atoms with Crippen molar-refractivity contribution >= 4 is 16.6 Å². The quantitative estimate of drug-likeness (QED) is 0.682. The van der Waals surface area contributed by atoms with Crippen LogP contribution < -0.4 is 4.74 Å². The number of methoxy groups -OCH3 is 1. The lowest BCUT2D eigenvalue weighted by atomic mass is 10.00. The second-order valence-corrected chi connectivity index (χ2v) is 4.32. The summed E-state index contributed by atoms with van der Waals surface area (Å²) in [5.74, 6) is 0.247. The topological polar surface area (TPSA) is 52.1 Å². The van der Waals surface area contributed by atoms with Gasteiger partial charge in [0, 0.05) is 11.6 Å². The van der Waals surface area contributed by atoms with Gasteiger partial charge in [-0.3, -0.25) is 4.79 Å². The van der Waals surface area contributed by atoms with Crippen LogP contribution in [0.1, 0.15) is 16.1 Å². The molecule has 3 aromatic rings. The van der Waals surface area contributed by atoms with Crippen LogP contribution in [0.2, 0.25) is 0 Å². The molecular weight excluding hydrogens is 252 g/mol. The van der Waals surface area contributed by atoms with Crippen LogP contribution in [-0.2, 0) is 0 Å². The van der Waals surface area contributed by atoms with Crippen molar-refractivity contribution in [2.75, 3.05) is 7.11 Å². The molecule has 4 heteroatoms. The number of hydrogen-bond acceptors (Lipinski definition) is 4. The Morgan fingerprint density at radius 1 is 0.950 bits per heavy atom. The zero-order chi connectivity index (χ0) is 13.9. The molecule has 4 nitrogen and oxygen atoms in total. The lowest BCUT2D eigenvalue weighted by Gasteiger charge is -2.05. The zero-order valence-corrected chi connectivity index (χ0v) is 10.9. The van der Waals surface area contributed by atoms with Gasteiger partial charge in [-0.2, -0.15) is 0 Å². The Bertz CT molecular complexity index is 762. The highest BCUT2D eigenvalue weighted by Crippen LogP contribution is 2.21. The molecule has 0 radical (unpaired) electrons. The van der Waals surface area contributed by atoms with E-state index in [9.17, 15) is 4.79 Å². The number of ether oxygens (including phenoxy) is 1. The number of aromatic nitrogens is 2. The summed E-state index contributed by atoms with van der Waals surface area (Å²) < 4.78 is 4.94. The van der Waals surface area contributed by atoms with E-state index in [4.69, 9.17) is 4.74 Å². The van der Waals surface area contributed by atoms with Gasteiger partial charge in [-0.1, -0.05) is 42.5 Å². The summed E-state index contributed by atoms with van der Waals surface area (Å²) in [5.41, 5.74) is 0.935. The lowest BCUT2D eigenvalue weighted by Crippen LogP contribution is -2.06. The standard InChI is InChI=1S/C16H12N2O2/c1-20-15-10-9-14(17-18-15)16(19)13-8-4-6-11-5-2-3-7-12(11)13/h2-10H,1H3. The Hall–Kier alpha value is -2.75. The Balaban J connectivity index is 2.07. The molecular formula is C16H12N2O2. The van der Waals surface area contributed by atoms with Crippen molar-refractivity contribution < 1.29 is 9.53 Å². The number of hydrogen-bond donors (Lipinski definition) is 0. The highest BCUT2D eigenvalue weighted by atomic mass is 16.5. The second-order valence-electron chi connectivity index (χ2n) is 4.32. The van der Waals surface area contributed by atoms with Gasteiger partial charge in [-0.25, -0.2) is 0 Å². The van der Waals surface area contributed by atoms with E-state index in [0.717, 1.165) is 10.8 Å². The van der Waals surface area contributed by atoms with Gasteiger partial charge in [0.05, 0.1) is 7.11 Å². The second kappa shape index (κ2) is 5.09. The summed E-state index contributed by atoms with van der Waals surface area (Å²) in [4.78, 5) is 12.5. The minimum Gasteiger partial charge on any atom is -0.480 e. The molecule has 0 saturated carbocycles. The zero-order valence-electron chi connectivity index (χ0n) is 10.9. The van der Waals surface area contributed by atoms with Gasteiger partial charge in [0.1, 0.15) is 5.69 Å². The van der Waals surface area contributed by atoms with E-state index in [2.05, 4.69) is 10.2 Å². The van der Waals surface area contributed by atoms with Crippen LogP contribution in [-0.4, -0.2) is 23.1 Å². The van der Waals surface area contributed by atoms with E-state index in [-0.39, 0.29) is 5.78 Å². The summed E-state index contributed by atoms with van der Waals surface area (Å²) >= 11 is 0. The van der Waals surface area contributed by atoms with Gasteiger partial charge in [0.2, 0.25) is 11.7 Å². The van der Waals surface area contributed by atoms with Crippen molar-refractivity contribution in [3.8, 4) is 5.88 Å². The molecule has 0 aliphatic rings. The number of ketones is 1. The van der Waals surface area contributed by atoms with Crippen molar-refractivity contribution in [1.29, 1.82) is 0 Å². The first-order chi connectivity index (χ1) is 9.79. The number of carbonyl (C=O) groups is 1. The minimum atomic E-state index is -0.142. The minimum absolute atomic E-state index is 0.142. The van der Waals surface area contributed by atoms with E-state index in [1.165, 1.54) is 7.11 Å². The van der Waals surface area contributed by atoms with E-state index in [0.29, 0.717) is 17.1 Å². The molecule has 0 bridgehead atoms. The van der Waals surface area contributed by atoms with Gasteiger partial charge in [0.15, 0.2) is 0 Å². The number of benzene rings is 2.